The first kappa shape index (κ1) is 15.6. The van der Waals surface area contributed by atoms with Crippen LogP contribution in [0.15, 0.2) is 76.3 Å². The van der Waals surface area contributed by atoms with Gasteiger partial charge in [-0.05, 0) is 55.5 Å². The predicted molar refractivity (Wildman–Crippen MR) is 98.3 cm³/mol. The summed E-state index contributed by atoms with van der Waals surface area (Å²) in [6.07, 6.45) is 3.90. The van der Waals surface area contributed by atoms with Crippen molar-refractivity contribution in [3.63, 3.8) is 0 Å². The second kappa shape index (κ2) is 7.29. The van der Waals surface area contributed by atoms with Gasteiger partial charge < -0.3 is 9.30 Å². The lowest BCUT2D eigenvalue weighted by molar-refractivity contribution is 0.340. The van der Waals surface area contributed by atoms with Crippen LogP contribution >= 0.6 is 15.9 Å². The van der Waals surface area contributed by atoms with Crippen LogP contribution in [0, 0.1) is 0 Å². The molecule has 0 bridgehead atoms. The Morgan fingerprint density at radius 1 is 1.09 bits per heavy atom. The molecule has 0 aliphatic carbocycles. The summed E-state index contributed by atoms with van der Waals surface area (Å²) in [5.74, 6) is 0.838. The Hall–Kier alpha value is -2.33. The van der Waals surface area contributed by atoms with Crippen molar-refractivity contribution in [3.8, 4) is 11.4 Å². The van der Waals surface area contributed by atoms with Gasteiger partial charge in [-0.25, -0.2) is 0 Å². The van der Waals surface area contributed by atoms with E-state index in [0.717, 1.165) is 27.3 Å². The molecule has 0 aliphatic rings. The molecule has 0 atom stereocenters. The SMILES string of the molecule is CCOc1cccc(N=Cc2cccn2-c2ccc(Br)cc2)c1. The molecule has 0 saturated heterocycles. The van der Waals surface area contributed by atoms with Crippen molar-refractivity contribution in [1.82, 2.24) is 4.57 Å². The fourth-order valence-corrected chi connectivity index (χ4v) is 2.56. The Bertz CT molecular complexity index is 806. The lowest BCUT2D eigenvalue weighted by Crippen LogP contribution is -1.97. The molecule has 0 aliphatic heterocycles. The van der Waals surface area contributed by atoms with E-state index in [1.807, 2.05) is 67.9 Å². The lowest BCUT2D eigenvalue weighted by atomic mass is 10.3. The van der Waals surface area contributed by atoms with Crippen LogP contribution in [0.4, 0.5) is 5.69 Å². The molecule has 0 radical (unpaired) electrons. The normalized spacial score (nSPS) is 11.0. The van der Waals surface area contributed by atoms with Crippen LogP contribution in [-0.2, 0) is 0 Å². The van der Waals surface area contributed by atoms with Gasteiger partial charge in [0.15, 0.2) is 0 Å². The molecule has 0 amide bonds. The number of aromatic nitrogens is 1. The van der Waals surface area contributed by atoms with Crippen LogP contribution in [0.3, 0.4) is 0 Å². The highest BCUT2D eigenvalue weighted by Gasteiger charge is 2.01. The van der Waals surface area contributed by atoms with Crippen molar-refractivity contribution >= 4 is 27.8 Å². The van der Waals surface area contributed by atoms with E-state index < -0.39 is 0 Å². The van der Waals surface area contributed by atoms with Crippen LogP contribution < -0.4 is 4.74 Å². The summed E-state index contributed by atoms with van der Waals surface area (Å²) in [4.78, 5) is 4.56. The van der Waals surface area contributed by atoms with Gasteiger partial charge in [-0.1, -0.05) is 22.0 Å². The van der Waals surface area contributed by atoms with Gasteiger partial charge in [0.1, 0.15) is 5.75 Å². The fraction of sp³-hybridized carbons (Fsp3) is 0.105. The second-order valence-corrected chi connectivity index (χ2v) is 5.88. The van der Waals surface area contributed by atoms with Crippen LogP contribution in [-0.4, -0.2) is 17.4 Å². The molecular weight excluding hydrogens is 352 g/mol. The van der Waals surface area contributed by atoms with Gasteiger partial charge in [0, 0.05) is 22.4 Å². The van der Waals surface area contributed by atoms with Crippen molar-refractivity contribution in [2.45, 2.75) is 6.92 Å². The van der Waals surface area contributed by atoms with Crippen molar-refractivity contribution in [3.05, 3.63) is 77.0 Å². The molecule has 0 N–H and O–H groups in total. The molecule has 1 heterocycles. The zero-order valence-corrected chi connectivity index (χ0v) is 14.4. The maximum atomic E-state index is 5.50. The van der Waals surface area contributed by atoms with Crippen molar-refractivity contribution in [1.29, 1.82) is 0 Å². The number of ether oxygens (including phenoxy) is 1. The Morgan fingerprint density at radius 3 is 2.70 bits per heavy atom. The Labute approximate surface area is 144 Å². The summed E-state index contributed by atoms with van der Waals surface area (Å²) in [7, 11) is 0. The molecule has 4 heteroatoms. The quantitative estimate of drug-likeness (QED) is 0.554. The zero-order valence-electron chi connectivity index (χ0n) is 12.8. The third-order valence-corrected chi connectivity index (χ3v) is 3.89. The van der Waals surface area contributed by atoms with Crippen LogP contribution in [0.5, 0.6) is 5.75 Å². The van der Waals surface area contributed by atoms with Crippen molar-refractivity contribution < 1.29 is 4.74 Å². The first-order valence-corrected chi connectivity index (χ1v) is 8.26. The van der Waals surface area contributed by atoms with Crippen molar-refractivity contribution in [2.24, 2.45) is 4.99 Å². The van der Waals surface area contributed by atoms with E-state index in [9.17, 15) is 0 Å². The number of benzene rings is 2. The Kier molecular flexibility index (Phi) is 4.93. The Balaban J connectivity index is 1.85. The van der Waals surface area contributed by atoms with Gasteiger partial charge in [0.25, 0.3) is 0 Å². The fourth-order valence-electron chi connectivity index (χ4n) is 2.30. The summed E-state index contributed by atoms with van der Waals surface area (Å²) in [6, 6.07) is 20.0. The molecule has 3 nitrogen and oxygen atoms in total. The van der Waals surface area contributed by atoms with E-state index in [1.54, 1.807) is 0 Å². The topological polar surface area (TPSA) is 26.5 Å². The molecular formula is C19H17BrN2O. The molecule has 2 aromatic carbocycles. The van der Waals surface area contributed by atoms with E-state index in [2.05, 4.69) is 37.6 Å². The molecule has 0 fully saturated rings. The molecule has 0 saturated carbocycles. The standard InChI is InChI=1S/C19H17BrN2O/c1-2-23-19-7-3-5-16(13-19)21-14-18-6-4-12-22(18)17-10-8-15(20)9-11-17/h3-14H,2H2,1H3. The van der Waals surface area contributed by atoms with Gasteiger partial charge in [-0.3, -0.25) is 4.99 Å². The second-order valence-electron chi connectivity index (χ2n) is 4.97. The van der Waals surface area contributed by atoms with Gasteiger partial charge in [-0.15, -0.1) is 0 Å². The summed E-state index contributed by atoms with van der Waals surface area (Å²) >= 11 is 3.46. The summed E-state index contributed by atoms with van der Waals surface area (Å²) in [6.45, 7) is 2.63. The minimum Gasteiger partial charge on any atom is -0.494 e. The van der Waals surface area contributed by atoms with Gasteiger partial charge in [0.2, 0.25) is 0 Å². The predicted octanol–water partition coefficient (Wildman–Crippen LogP) is 5.39. The molecule has 0 spiro atoms. The van der Waals surface area contributed by atoms with E-state index in [-0.39, 0.29) is 0 Å². The minimum absolute atomic E-state index is 0.652. The highest BCUT2D eigenvalue weighted by atomic mass is 79.9. The number of halogens is 1. The van der Waals surface area contributed by atoms with Gasteiger partial charge in [-0.2, -0.15) is 0 Å². The average Bonchev–Trinajstić information content (AvgIpc) is 3.03. The molecule has 23 heavy (non-hydrogen) atoms. The van der Waals surface area contributed by atoms with Crippen LogP contribution in [0.1, 0.15) is 12.6 Å². The summed E-state index contributed by atoms with van der Waals surface area (Å²) < 4.78 is 8.67. The highest BCUT2D eigenvalue weighted by Crippen LogP contribution is 2.20. The highest BCUT2D eigenvalue weighted by molar-refractivity contribution is 9.10. The summed E-state index contributed by atoms with van der Waals surface area (Å²) in [5.41, 5.74) is 3.00. The minimum atomic E-state index is 0.652. The molecule has 3 rings (SSSR count). The molecule has 116 valence electrons. The van der Waals surface area contributed by atoms with E-state index >= 15 is 0 Å². The number of rotatable bonds is 5. The number of hydrogen-bond acceptors (Lipinski definition) is 2. The number of hydrogen-bond donors (Lipinski definition) is 0. The first-order valence-electron chi connectivity index (χ1n) is 7.46. The smallest absolute Gasteiger partial charge is 0.121 e. The Morgan fingerprint density at radius 2 is 1.91 bits per heavy atom. The van der Waals surface area contributed by atoms with Gasteiger partial charge >= 0.3 is 0 Å². The van der Waals surface area contributed by atoms with Crippen molar-refractivity contribution in [2.75, 3.05) is 6.61 Å². The first-order chi connectivity index (χ1) is 11.3. The zero-order chi connectivity index (χ0) is 16.1. The van der Waals surface area contributed by atoms with E-state index in [4.69, 9.17) is 4.74 Å². The number of nitrogens with zero attached hydrogens (tertiary/aromatic N) is 2. The van der Waals surface area contributed by atoms with E-state index in [0.29, 0.717) is 6.61 Å². The lowest BCUT2D eigenvalue weighted by Gasteiger charge is -2.06. The molecule has 1 aromatic heterocycles. The number of aliphatic imine (C=N–C) groups is 1. The summed E-state index contributed by atoms with van der Waals surface area (Å²) in [5, 5.41) is 0. The third-order valence-electron chi connectivity index (χ3n) is 3.36. The van der Waals surface area contributed by atoms with E-state index in [1.165, 1.54) is 0 Å². The third kappa shape index (κ3) is 3.90. The van der Waals surface area contributed by atoms with Gasteiger partial charge in [0.05, 0.1) is 24.2 Å². The molecule has 0 unspecified atom stereocenters. The monoisotopic (exact) mass is 368 g/mol. The van der Waals surface area contributed by atoms with Crippen LogP contribution in [0.25, 0.3) is 5.69 Å². The molecule has 3 aromatic rings. The maximum absolute atomic E-state index is 5.50. The average molecular weight is 369 g/mol. The van der Waals surface area contributed by atoms with Crippen LogP contribution in [0.2, 0.25) is 0 Å². The largest absolute Gasteiger partial charge is 0.494 e. The maximum Gasteiger partial charge on any atom is 0.121 e.